The lowest BCUT2D eigenvalue weighted by molar-refractivity contribution is 0.803. The highest BCUT2D eigenvalue weighted by Crippen LogP contribution is 2.34. The van der Waals surface area contributed by atoms with E-state index in [-0.39, 0.29) is 0 Å². The van der Waals surface area contributed by atoms with Gasteiger partial charge in [0.1, 0.15) is 0 Å². The van der Waals surface area contributed by atoms with E-state index < -0.39 is 0 Å². The maximum Gasteiger partial charge on any atom is 0.0462 e. The fourth-order valence-electron chi connectivity index (χ4n) is 1.61. The molecule has 18 heavy (non-hydrogen) atoms. The molecule has 0 aromatic heterocycles. The van der Waals surface area contributed by atoms with E-state index in [1.165, 1.54) is 4.90 Å². The first-order valence-corrected chi connectivity index (χ1v) is 7.13. The minimum absolute atomic E-state index is 0.751. The standard InChI is InChI=1S/C14H13Cl2NS/c1-17-9-12-13(16)3-2-4-14(12)18-11-7-5-10(15)6-8-11/h2-8,17H,9H2,1H3. The van der Waals surface area contributed by atoms with Crippen LogP contribution in [0.5, 0.6) is 0 Å². The Balaban J connectivity index is 2.28. The van der Waals surface area contributed by atoms with Crippen molar-refractivity contribution in [3.8, 4) is 0 Å². The molecule has 0 spiro atoms. The Morgan fingerprint density at radius 3 is 2.44 bits per heavy atom. The Labute approximate surface area is 121 Å². The lowest BCUT2D eigenvalue weighted by Crippen LogP contribution is -2.06. The molecule has 0 atom stereocenters. The van der Waals surface area contributed by atoms with Gasteiger partial charge in [-0.05, 0) is 49.0 Å². The molecule has 0 aliphatic rings. The predicted molar refractivity (Wildman–Crippen MR) is 79.8 cm³/mol. The van der Waals surface area contributed by atoms with E-state index in [1.807, 2.05) is 43.4 Å². The second-order valence-electron chi connectivity index (χ2n) is 3.80. The molecule has 0 aliphatic heterocycles. The van der Waals surface area contributed by atoms with Crippen LogP contribution in [-0.4, -0.2) is 7.05 Å². The molecular weight excluding hydrogens is 285 g/mol. The van der Waals surface area contributed by atoms with E-state index in [0.717, 1.165) is 27.0 Å². The number of hydrogen-bond donors (Lipinski definition) is 1. The number of rotatable bonds is 4. The maximum absolute atomic E-state index is 6.23. The average Bonchev–Trinajstić information content (AvgIpc) is 2.36. The smallest absolute Gasteiger partial charge is 0.0462 e. The Hall–Kier alpha value is -0.670. The third-order valence-electron chi connectivity index (χ3n) is 2.47. The largest absolute Gasteiger partial charge is 0.316 e. The van der Waals surface area contributed by atoms with Crippen molar-refractivity contribution in [2.45, 2.75) is 16.3 Å². The van der Waals surface area contributed by atoms with Gasteiger partial charge in [0.05, 0.1) is 0 Å². The molecular formula is C14H13Cl2NS. The van der Waals surface area contributed by atoms with Crippen LogP contribution in [-0.2, 0) is 6.54 Å². The highest BCUT2D eigenvalue weighted by molar-refractivity contribution is 7.99. The van der Waals surface area contributed by atoms with Gasteiger partial charge < -0.3 is 5.32 Å². The van der Waals surface area contributed by atoms with E-state index in [4.69, 9.17) is 23.2 Å². The highest BCUT2D eigenvalue weighted by Gasteiger charge is 2.07. The normalized spacial score (nSPS) is 10.6. The summed E-state index contributed by atoms with van der Waals surface area (Å²) in [6, 6.07) is 13.8. The van der Waals surface area contributed by atoms with Crippen LogP contribution >= 0.6 is 35.0 Å². The molecule has 0 bridgehead atoms. The van der Waals surface area contributed by atoms with Crippen molar-refractivity contribution in [2.75, 3.05) is 7.05 Å². The Bertz CT molecular complexity index is 526. The van der Waals surface area contributed by atoms with Gasteiger partial charge in [0.25, 0.3) is 0 Å². The Morgan fingerprint density at radius 2 is 1.78 bits per heavy atom. The van der Waals surface area contributed by atoms with Crippen molar-refractivity contribution < 1.29 is 0 Å². The lowest BCUT2D eigenvalue weighted by atomic mass is 10.2. The average molecular weight is 298 g/mol. The lowest BCUT2D eigenvalue weighted by Gasteiger charge is -2.10. The summed E-state index contributed by atoms with van der Waals surface area (Å²) in [7, 11) is 1.92. The topological polar surface area (TPSA) is 12.0 Å². The minimum Gasteiger partial charge on any atom is -0.316 e. The molecule has 94 valence electrons. The Kier molecular flexibility index (Phi) is 4.95. The molecule has 0 amide bonds. The summed E-state index contributed by atoms with van der Waals surface area (Å²) in [5.41, 5.74) is 1.13. The molecule has 0 fully saturated rings. The van der Waals surface area contributed by atoms with Gasteiger partial charge in [-0.1, -0.05) is 41.0 Å². The van der Waals surface area contributed by atoms with Gasteiger partial charge in [-0.3, -0.25) is 0 Å². The van der Waals surface area contributed by atoms with Crippen LogP contribution in [0.3, 0.4) is 0 Å². The van der Waals surface area contributed by atoms with Gasteiger partial charge in [0.2, 0.25) is 0 Å². The zero-order chi connectivity index (χ0) is 13.0. The molecule has 2 aromatic carbocycles. The van der Waals surface area contributed by atoms with E-state index in [2.05, 4.69) is 11.4 Å². The third kappa shape index (κ3) is 3.42. The maximum atomic E-state index is 6.23. The third-order valence-corrected chi connectivity index (χ3v) is 4.19. The van der Waals surface area contributed by atoms with Gasteiger partial charge >= 0.3 is 0 Å². The summed E-state index contributed by atoms with van der Waals surface area (Å²) in [5.74, 6) is 0. The van der Waals surface area contributed by atoms with Crippen LogP contribution < -0.4 is 5.32 Å². The summed E-state index contributed by atoms with van der Waals surface area (Å²) in [6.07, 6.45) is 0. The van der Waals surface area contributed by atoms with Crippen LogP contribution in [0, 0.1) is 0 Å². The van der Waals surface area contributed by atoms with Gasteiger partial charge in [0.15, 0.2) is 0 Å². The molecule has 0 aliphatic carbocycles. The molecule has 4 heteroatoms. The molecule has 1 N–H and O–H groups in total. The van der Waals surface area contributed by atoms with E-state index >= 15 is 0 Å². The van der Waals surface area contributed by atoms with Gasteiger partial charge in [-0.15, -0.1) is 0 Å². The predicted octanol–water partition coefficient (Wildman–Crippen LogP) is 4.86. The number of hydrogen-bond acceptors (Lipinski definition) is 2. The monoisotopic (exact) mass is 297 g/mol. The van der Waals surface area contributed by atoms with Crippen LogP contribution in [0.25, 0.3) is 0 Å². The van der Waals surface area contributed by atoms with Crippen LogP contribution in [0.15, 0.2) is 52.3 Å². The Morgan fingerprint density at radius 1 is 1.06 bits per heavy atom. The number of benzene rings is 2. The highest BCUT2D eigenvalue weighted by atomic mass is 35.5. The van der Waals surface area contributed by atoms with Crippen LogP contribution in [0.4, 0.5) is 0 Å². The molecule has 0 unspecified atom stereocenters. The van der Waals surface area contributed by atoms with E-state index in [9.17, 15) is 0 Å². The second kappa shape index (κ2) is 6.48. The van der Waals surface area contributed by atoms with Crippen molar-refractivity contribution >= 4 is 35.0 Å². The number of halogens is 2. The molecule has 0 heterocycles. The van der Waals surface area contributed by atoms with Crippen molar-refractivity contribution in [3.05, 3.63) is 58.1 Å². The van der Waals surface area contributed by atoms with Crippen LogP contribution in [0.1, 0.15) is 5.56 Å². The van der Waals surface area contributed by atoms with Gasteiger partial charge in [-0.2, -0.15) is 0 Å². The van der Waals surface area contributed by atoms with Crippen molar-refractivity contribution in [1.82, 2.24) is 5.32 Å². The first kappa shape index (κ1) is 13.8. The molecule has 0 saturated heterocycles. The van der Waals surface area contributed by atoms with Gasteiger partial charge in [0, 0.05) is 26.4 Å². The summed E-state index contributed by atoms with van der Waals surface area (Å²) < 4.78 is 0. The number of nitrogens with one attached hydrogen (secondary N) is 1. The van der Waals surface area contributed by atoms with Gasteiger partial charge in [-0.25, -0.2) is 0 Å². The quantitative estimate of drug-likeness (QED) is 0.864. The van der Waals surface area contributed by atoms with E-state index in [1.54, 1.807) is 11.8 Å². The molecule has 2 aromatic rings. The fraction of sp³-hybridized carbons (Fsp3) is 0.143. The SMILES string of the molecule is CNCc1c(Cl)cccc1Sc1ccc(Cl)cc1. The first-order chi connectivity index (χ1) is 8.70. The van der Waals surface area contributed by atoms with Crippen LogP contribution in [0.2, 0.25) is 10.0 Å². The zero-order valence-electron chi connectivity index (χ0n) is 9.91. The summed E-state index contributed by atoms with van der Waals surface area (Å²) >= 11 is 13.8. The summed E-state index contributed by atoms with van der Waals surface area (Å²) in [5, 5.41) is 4.69. The molecule has 2 rings (SSSR count). The first-order valence-electron chi connectivity index (χ1n) is 5.56. The second-order valence-corrected chi connectivity index (χ2v) is 5.76. The van der Waals surface area contributed by atoms with Crippen molar-refractivity contribution in [3.63, 3.8) is 0 Å². The minimum atomic E-state index is 0.751. The molecule has 1 nitrogen and oxygen atoms in total. The molecule has 0 radical (unpaired) electrons. The van der Waals surface area contributed by atoms with Crippen molar-refractivity contribution in [2.24, 2.45) is 0 Å². The fourth-order valence-corrected chi connectivity index (χ4v) is 3.01. The zero-order valence-corrected chi connectivity index (χ0v) is 12.2. The van der Waals surface area contributed by atoms with Crippen molar-refractivity contribution in [1.29, 1.82) is 0 Å². The summed E-state index contributed by atoms with van der Waals surface area (Å²) in [6.45, 7) is 0.760. The molecule has 0 saturated carbocycles. The summed E-state index contributed by atoms with van der Waals surface area (Å²) in [4.78, 5) is 2.32. The van der Waals surface area contributed by atoms with E-state index in [0.29, 0.717) is 0 Å².